The van der Waals surface area contributed by atoms with Crippen LogP contribution in [0.4, 0.5) is 0 Å². The number of nitrogens with zero attached hydrogens (tertiary/aromatic N) is 3. The Hall–Kier alpha value is -2.94. The van der Waals surface area contributed by atoms with Crippen molar-refractivity contribution >= 4 is 17.4 Å². The molecular formula is C27H35N3. The zero-order valence-corrected chi connectivity index (χ0v) is 19.2. The normalized spacial score (nSPS) is 12.4. The molecule has 158 valence electrons. The van der Waals surface area contributed by atoms with Gasteiger partial charge in [-0.25, -0.2) is 0 Å². The molecule has 0 saturated carbocycles. The SMILES string of the molecule is C=C/C(=C\N(C)C)c1cccc(-c2ccc(/C(C=NC)=C/C)c(CCCCC)n2)c1. The zero-order chi connectivity index (χ0) is 21.9. The van der Waals surface area contributed by atoms with Crippen LogP contribution in [-0.4, -0.2) is 37.2 Å². The quantitative estimate of drug-likeness (QED) is 0.252. The second-order valence-corrected chi connectivity index (χ2v) is 7.61. The molecule has 30 heavy (non-hydrogen) atoms. The monoisotopic (exact) mass is 401 g/mol. The molecule has 1 heterocycles. The molecule has 2 aromatic rings. The summed E-state index contributed by atoms with van der Waals surface area (Å²) in [6.07, 6.45) is 12.5. The minimum Gasteiger partial charge on any atom is -0.383 e. The van der Waals surface area contributed by atoms with Crippen LogP contribution in [0.5, 0.6) is 0 Å². The molecule has 0 spiro atoms. The van der Waals surface area contributed by atoms with Crippen LogP contribution < -0.4 is 0 Å². The summed E-state index contributed by atoms with van der Waals surface area (Å²) in [5.74, 6) is 0. The van der Waals surface area contributed by atoms with Gasteiger partial charge in [0.1, 0.15) is 0 Å². The molecule has 1 aromatic carbocycles. The van der Waals surface area contributed by atoms with Gasteiger partial charge in [-0.3, -0.25) is 9.98 Å². The van der Waals surface area contributed by atoms with Crippen LogP contribution in [0.1, 0.15) is 49.9 Å². The van der Waals surface area contributed by atoms with Gasteiger partial charge in [-0.2, -0.15) is 0 Å². The van der Waals surface area contributed by atoms with Crippen molar-refractivity contribution in [2.24, 2.45) is 4.99 Å². The number of unbranched alkanes of at least 4 members (excludes halogenated alkanes) is 2. The number of allylic oxidation sites excluding steroid dienone is 4. The largest absolute Gasteiger partial charge is 0.383 e. The third kappa shape index (κ3) is 6.28. The zero-order valence-electron chi connectivity index (χ0n) is 19.2. The summed E-state index contributed by atoms with van der Waals surface area (Å²) >= 11 is 0. The molecule has 3 nitrogen and oxygen atoms in total. The van der Waals surface area contributed by atoms with E-state index in [0.717, 1.165) is 46.5 Å². The fourth-order valence-electron chi connectivity index (χ4n) is 3.48. The van der Waals surface area contributed by atoms with Gasteiger partial charge < -0.3 is 4.90 Å². The number of hydrogen-bond donors (Lipinski definition) is 0. The second-order valence-electron chi connectivity index (χ2n) is 7.61. The minimum atomic E-state index is 0.976. The van der Waals surface area contributed by atoms with E-state index in [1.54, 1.807) is 0 Å². The van der Waals surface area contributed by atoms with Gasteiger partial charge in [0, 0.05) is 50.4 Å². The van der Waals surface area contributed by atoms with Gasteiger partial charge in [0.25, 0.3) is 0 Å². The number of aromatic nitrogens is 1. The Morgan fingerprint density at radius 3 is 2.57 bits per heavy atom. The van der Waals surface area contributed by atoms with E-state index in [4.69, 9.17) is 4.98 Å². The highest BCUT2D eigenvalue weighted by molar-refractivity contribution is 6.10. The van der Waals surface area contributed by atoms with E-state index in [0.29, 0.717) is 0 Å². The van der Waals surface area contributed by atoms with Crippen LogP contribution in [-0.2, 0) is 6.42 Å². The van der Waals surface area contributed by atoms with Crippen molar-refractivity contribution < 1.29 is 0 Å². The number of aryl methyl sites for hydroxylation is 1. The second kappa shape index (κ2) is 11.9. The molecule has 0 bridgehead atoms. The maximum absolute atomic E-state index is 5.09. The van der Waals surface area contributed by atoms with Gasteiger partial charge in [0.15, 0.2) is 0 Å². The van der Waals surface area contributed by atoms with Crippen LogP contribution in [0, 0.1) is 0 Å². The molecule has 0 fully saturated rings. The lowest BCUT2D eigenvalue weighted by atomic mass is 9.98. The summed E-state index contributed by atoms with van der Waals surface area (Å²) in [7, 11) is 5.86. The standard InChI is InChI=1S/C27H35N3/c1-7-10-11-15-27-25(21(8-2)19-28-4)16-17-26(29-27)24-14-12-13-23(18-24)22(9-3)20-30(5)6/h8-9,12-14,16-20H,3,7,10-11,15H2,1-2,4-6H3/b21-8+,22-20+,28-19?. The molecule has 0 atom stereocenters. The first-order valence-corrected chi connectivity index (χ1v) is 10.7. The van der Waals surface area contributed by atoms with E-state index in [-0.39, 0.29) is 0 Å². The van der Waals surface area contributed by atoms with Crippen molar-refractivity contribution in [3.8, 4) is 11.3 Å². The van der Waals surface area contributed by atoms with Gasteiger partial charge in [0.2, 0.25) is 0 Å². The van der Waals surface area contributed by atoms with E-state index >= 15 is 0 Å². The molecule has 0 amide bonds. The van der Waals surface area contributed by atoms with Crippen molar-refractivity contribution in [3.63, 3.8) is 0 Å². The van der Waals surface area contributed by atoms with Crippen molar-refractivity contribution in [2.75, 3.05) is 21.1 Å². The Morgan fingerprint density at radius 1 is 1.13 bits per heavy atom. The lowest BCUT2D eigenvalue weighted by Crippen LogP contribution is -2.02. The Kier molecular flexibility index (Phi) is 9.27. The molecule has 1 aromatic heterocycles. The predicted octanol–water partition coefficient (Wildman–Crippen LogP) is 6.67. The van der Waals surface area contributed by atoms with Crippen LogP contribution in [0.25, 0.3) is 22.4 Å². The van der Waals surface area contributed by atoms with Crippen LogP contribution in [0.2, 0.25) is 0 Å². The third-order valence-electron chi connectivity index (χ3n) is 4.99. The molecule has 0 N–H and O–H groups in total. The summed E-state index contributed by atoms with van der Waals surface area (Å²) in [5.41, 5.74) is 7.81. The van der Waals surface area contributed by atoms with Gasteiger partial charge in [-0.1, -0.05) is 62.8 Å². The van der Waals surface area contributed by atoms with Crippen molar-refractivity contribution in [2.45, 2.75) is 39.5 Å². The van der Waals surface area contributed by atoms with E-state index in [2.05, 4.69) is 74.1 Å². The van der Waals surface area contributed by atoms with E-state index in [9.17, 15) is 0 Å². The van der Waals surface area contributed by atoms with Crippen LogP contribution >= 0.6 is 0 Å². The number of pyridine rings is 1. The summed E-state index contributed by atoms with van der Waals surface area (Å²) in [5, 5.41) is 0. The first-order chi connectivity index (χ1) is 14.5. The Labute approximate surface area is 182 Å². The van der Waals surface area contributed by atoms with Gasteiger partial charge >= 0.3 is 0 Å². The van der Waals surface area contributed by atoms with Gasteiger partial charge in [-0.05, 0) is 48.6 Å². The van der Waals surface area contributed by atoms with Gasteiger partial charge in [-0.15, -0.1) is 0 Å². The maximum Gasteiger partial charge on any atom is 0.0705 e. The summed E-state index contributed by atoms with van der Waals surface area (Å²) in [4.78, 5) is 11.4. The van der Waals surface area contributed by atoms with E-state index in [1.807, 2.05) is 38.3 Å². The number of rotatable bonds is 10. The lowest BCUT2D eigenvalue weighted by Gasteiger charge is -2.13. The smallest absolute Gasteiger partial charge is 0.0705 e. The molecule has 0 aliphatic heterocycles. The van der Waals surface area contributed by atoms with E-state index < -0.39 is 0 Å². The highest BCUT2D eigenvalue weighted by Crippen LogP contribution is 2.27. The van der Waals surface area contributed by atoms with Gasteiger partial charge in [0.05, 0.1) is 5.69 Å². The van der Waals surface area contributed by atoms with Crippen molar-refractivity contribution in [1.82, 2.24) is 9.88 Å². The number of hydrogen-bond acceptors (Lipinski definition) is 3. The molecule has 0 aliphatic carbocycles. The van der Waals surface area contributed by atoms with Crippen molar-refractivity contribution in [3.05, 3.63) is 78.1 Å². The maximum atomic E-state index is 5.09. The Morgan fingerprint density at radius 2 is 1.93 bits per heavy atom. The highest BCUT2D eigenvalue weighted by atomic mass is 15.0. The lowest BCUT2D eigenvalue weighted by molar-refractivity contribution is 0.566. The Bertz CT molecular complexity index is 933. The fraction of sp³-hybridized carbons (Fsp3) is 0.333. The topological polar surface area (TPSA) is 28.5 Å². The molecule has 2 rings (SSSR count). The number of aliphatic imine (C=N–C) groups is 1. The highest BCUT2D eigenvalue weighted by Gasteiger charge is 2.11. The molecule has 3 heteroatoms. The first kappa shape index (κ1) is 23.3. The minimum absolute atomic E-state index is 0.976. The average Bonchev–Trinajstić information content (AvgIpc) is 2.76. The average molecular weight is 402 g/mol. The van der Waals surface area contributed by atoms with Crippen molar-refractivity contribution in [1.29, 1.82) is 0 Å². The predicted molar refractivity (Wildman–Crippen MR) is 133 cm³/mol. The molecule has 0 aliphatic rings. The number of benzene rings is 1. The molecule has 0 saturated heterocycles. The fourth-order valence-corrected chi connectivity index (χ4v) is 3.48. The van der Waals surface area contributed by atoms with Crippen LogP contribution in [0.3, 0.4) is 0 Å². The Balaban J connectivity index is 2.50. The summed E-state index contributed by atoms with van der Waals surface area (Å²) in [6.45, 7) is 8.26. The third-order valence-corrected chi connectivity index (χ3v) is 4.99. The first-order valence-electron chi connectivity index (χ1n) is 10.7. The molecular weight excluding hydrogens is 366 g/mol. The van der Waals surface area contributed by atoms with Crippen LogP contribution in [0.15, 0.2) is 66.3 Å². The summed E-state index contributed by atoms with van der Waals surface area (Å²) in [6, 6.07) is 12.8. The molecule has 0 unspecified atom stereocenters. The molecule has 0 radical (unpaired) electrons. The summed E-state index contributed by atoms with van der Waals surface area (Å²) < 4.78 is 0. The van der Waals surface area contributed by atoms with E-state index in [1.165, 1.54) is 18.4 Å².